The van der Waals surface area contributed by atoms with Crippen molar-refractivity contribution in [1.29, 1.82) is 0 Å². The highest BCUT2D eigenvalue weighted by atomic mass is 32.2. The van der Waals surface area contributed by atoms with Gasteiger partial charge in [0.1, 0.15) is 0 Å². The van der Waals surface area contributed by atoms with Crippen LogP contribution >= 0.6 is 11.8 Å². The predicted molar refractivity (Wildman–Crippen MR) is 97.9 cm³/mol. The lowest BCUT2D eigenvalue weighted by Crippen LogP contribution is -2.40. The van der Waals surface area contributed by atoms with Crippen molar-refractivity contribution in [1.82, 2.24) is 10.2 Å². The van der Waals surface area contributed by atoms with Gasteiger partial charge >= 0.3 is 6.09 Å². The monoisotopic (exact) mass is 370 g/mol. The molecule has 1 aliphatic rings. The Labute approximate surface area is 155 Å². The smallest absolute Gasteiger partial charge is 0.417 e. The molecule has 1 atom stereocenters. The molecule has 7 heteroatoms. The van der Waals surface area contributed by atoms with Gasteiger partial charge in [0.25, 0.3) is 11.8 Å². The maximum atomic E-state index is 12.8. The molecule has 3 rings (SSSR count). The number of nitrogens with zero attached hydrogens (tertiary/aromatic N) is 1. The van der Waals surface area contributed by atoms with Gasteiger partial charge in [0.2, 0.25) is 0 Å². The van der Waals surface area contributed by atoms with E-state index < -0.39 is 18.0 Å². The Balaban J connectivity index is 1.85. The zero-order valence-electron chi connectivity index (χ0n) is 14.2. The van der Waals surface area contributed by atoms with E-state index in [0.717, 1.165) is 15.4 Å². The standard InChI is InChI=1S/C19H18N2O4S/c1-26-16-10-6-5-9-14(16)18(23)20-15(13-7-3-2-4-8-13)11-21-17(22)12-25-19(21)24/h2-10,15H,11-12H2,1H3,(H,20,23)/t15-/m1/s1. The van der Waals surface area contributed by atoms with E-state index in [0.29, 0.717) is 5.56 Å². The quantitative estimate of drug-likeness (QED) is 0.792. The third-order valence-corrected chi connectivity index (χ3v) is 4.86. The number of imide groups is 1. The second-order valence-corrected chi connectivity index (χ2v) is 6.54. The second-order valence-electron chi connectivity index (χ2n) is 5.70. The first-order valence-electron chi connectivity index (χ1n) is 8.06. The van der Waals surface area contributed by atoms with Gasteiger partial charge in [-0.1, -0.05) is 42.5 Å². The summed E-state index contributed by atoms with van der Waals surface area (Å²) in [6.07, 6.45) is 1.22. The number of carbonyl (C=O) groups is 3. The van der Waals surface area contributed by atoms with Crippen LogP contribution in [-0.4, -0.2) is 42.2 Å². The van der Waals surface area contributed by atoms with E-state index in [-0.39, 0.29) is 19.1 Å². The minimum atomic E-state index is -0.685. The average Bonchev–Trinajstić information content (AvgIpc) is 3.00. The van der Waals surface area contributed by atoms with Gasteiger partial charge in [-0.3, -0.25) is 9.59 Å². The van der Waals surface area contributed by atoms with Crippen LogP contribution in [0.15, 0.2) is 59.5 Å². The van der Waals surface area contributed by atoms with Crippen LogP contribution in [0.1, 0.15) is 22.0 Å². The number of carbonyl (C=O) groups excluding carboxylic acids is 3. The van der Waals surface area contributed by atoms with Crippen molar-refractivity contribution in [2.24, 2.45) is 0 Å². The number of cyclic esters (lactones) is 1. The number of hydrogen-bond acceptors (Lipinski definition) is 5. The van der Waals surface area contributed by atoms with Crippen LogP contribution in [0, 0.1) is 0 Å². The van der Waals surface area contributed by atoms with Crippen LogP contribution in [0.2, 0.25) is 0 Å². The lowest BCUT2D eigenvalue weighted by atomic mass is 10.1. The summed E-state index contributed by atoms with van der Waals surface area (Å²) < 4.78 is 4.76. The van der Waals surface area contributed by atoms with Gasteiger partial charge in [0, 0.05) is 4.90 Å². The van der Waals surface area contributed by atoms with Crippen LogP contribution in [0.5, 0.6) is 0 Å². The zero-order valence-corrected chi connectivity index (χ0v) is 15.0. The minimum absolute atomic E-state index is 0.0227. The molecule has 134 valence electrons. The number of benzene rings is 2. The van der Waals surface area contributed by atoms with E-state index in [1.54, 1.807) is 12.1 Å². The van der Waals surface area contributed by atoms with Crippen molar-refractivity contribution < 1.29 is 19.1 Å². The number of hydrogen-bond donors (Lipinski definition) is 1. The van der Waals surface area contributed by atoms with Crippen molar-refractivity contribution >= 4 is 29.7 Å². The molecule has 0 aromatic heterocycles. The summed E-state index contributed by atoms with van der Waals surface area (Å²) in [5, 5.41) is 2.94. The summed E-state index contributed by atoms with van der Waals surface area (Å²) in [5.41, 5.74) is 1.35. The SMILES string of the molecule is CSc1ccccc1C(=O)N[C@H](CN1C(=O)COC1=O)c1ccccc1. The molecule has 1 aliphatic heterocycles. The number of thioether (sulfide) groups is 1. The van der Waals surface area contributed by atoms with Gasteiger partial charge < -0.3 is 10.1 Å². The lowest BCUT2D eigenvalue weighted by Gasteiger charge is -2.23. The zero-order chi connectivity index (χ0) is 18.5. The molecule has 2 aromatic rings. The van der Waals surface area contributed by atoms with Crippen molar-refractivity contribution in [3.05, 3.63) is 65.7 Å². The highest BCUT2D eigenvalue weighted by Crippen LogP contribution is 2.22. The topological polar surface area (TPSA) is 75.7 Å². The molecule has 1 fully saturated rings. The Bertz CT molecular complexity index is 809. The molecule has 0 unspecified atom stereocenters. The molecule has 1 heterocycles. The lowest BCUT2D eigenvalue weighted by molar-refractivity contribution is -0.126. The largest absolute Gasteiger partial charge is 0.439 e. The minimum Gasteiger partial charge on any atom is -0.439 e. The number of rotatable bonds is 6. The summed E-state index contributed by atoms with van der Waals surface area (Å²) >= 11 is 1.48. The van der Waals surface area contributed by atoms with Gasteiger partial charge in [-0.05, 0) is 24.0 Å². The third-order valence-electron chi connectivity index (χ3n) is 4.06. The summed E-state index contributed by atoms with van der Waals surface area (Å²) in [7, 11) is 0. The van der Waals surface area contributed by atoms with Crippen LogP contribution in [-0.2, 0) is 9.53 Å². The highest BCUT2D eigenvalue weighted by molar-refractivity contribution is 7.98. The van der Waals surface area contributed by atoms with Gasteiger partial charge in [-0.25, -0.2) is 9.69 Å². The third kappa shape index (κ3) is 3.88. The van der Waals surface area contributed by atoms with E-state index in [4.69, 9.17) is 4.74 Å². The van der Waals surface area contributed by atoms with Crippen LogP contribution < -0.4 is 5.32 Å². The molecule has 3 amide bonds. The van der Waals surface area contributed by atoms with Gasteiger partial charge in [-0.15, -0.1) is 11.8 Å². The van der Waals surface area contributed by atoms with E-state index in [1.165, 1.54) is 11.8 Å². The molecule has 26 heavy (non-hydrogen) atoms. The number of ether oxygens (including phenoxy) is 1. The van der Waals surface area contributed by atoms with Crippen LogP contribution in [0.25, 0.3) is 0 Å². The molecule has 0 aliphatic carbocycles. The van der Waals surface area contributed by atoms with E-state index in [9.17, 15) is 14.4 Å². The molecular formula is C19H18N2O4S. The second kappa shape index (κ2) is 8.05. The predicted octanol–water partition coefficient (Wildman–Crippen LogP) is 2.86. The van der Waals surface area contributed by atoms with E-state index in [1.807, 2.05) is 48.7 Å². The first kappa shape index (κ1) is 18.0. The summed E-state index contributed by atoms with van der Waals surface area (Å²) in [6, 6.07) is 16.0. The summed E-state index contributed by atoms with van der Waals surface area (Å²) in [4.78, 5) is 38.3. The Morgan fingerprint density at radius 1 is 1.15 bits per heavy atom. The Kier molecular flexibility index (Phi) is 5.58. The Morgan fingerprint density at radius 2 is 1.85 bits per heavy atom. The fourth-order valence-electron chi connectivity index (χ4n) is 2.73. The first-order chi connectivity index (χ1) is 12.6. The Hall–Kier alpha value is -2.80. The summed E-state index contributed by atoms with van der Waals surface area (Å²) in [5.74, 6) is -0.668. The fraction of sp³-hybridized carbons (Fsp3) is 0.211. The molecule has 0 saturated carbocycles. The van der Waals surface area contributed by atoms with E-state index >= 15 is 0 Å². The van der Waals surface area contributed by atoms with Gasteiger partial charge in [0.05, 0.1) is 18.2 Å². The van der Waals surface area contributed by atoms with Gasteiger partial charge in [-0.2, -0.15) is 0 Å². The molecule has 0 bridgehead atoms. The van der Waals surface area contributed by atoms with Crippen LogP contribution in [0.3, 0.4) is 0 Å². The maximum absolute atomic E-state index is 12.8. The van der Waals surface area contributed by atoms with Gasteiger partial charge in [0.15, 0.2) is 6.61 Å². The molecule has 0 radical (unpaired) electrons. The molecule has 0 spiro atoms. The molecule has 1 N–H and O–H groups in total. The van der Waals surface area contributed by atoms with Crippen LogP contribution in [0.4, 0.5) is 4.79 Å². The van der Waals surface area contributed by atoms with Crippen molar-refractivity contribution in [2.75, 3.05) is 19.4 Å². The van der Waals surface area contributed by atoms with Crippen molar-refractivity contribution in [2.45, 2.75) is 10.9 Å². The Morgan fingerprint density at radius 3 is 2.50 bits per heavy atom. The van der Waals surface area contributed by atoms with Crippen molar-refractivity contribution in [3.8, 4) is 0 Å². The normalized spacial score (nSPS) is 14.9. The summed E-state index contributed by atoms with van der Waals surface area (Å²) in [6.45, 7) is -0.238. The molecule has 1 saturated heterocycles. The highest BCUT2D eigenvalue weighted by Gasteiger charge is 2.34. The first-order valence-corrected chi connectivity index (χ1v) is 9.28. The average molecular weight is 370 g/mol. The number of nitrogens with one attached hydrogen (secondary N) is 1. The number of amides is 3. The molecule has 2 aromatic carbocycles. The maximum Gasteiger partial charge on any atom is 0.417 e. The fourth-order valence-corrected chi connectivity index (χ4v) is 3.32. The van der Waals surface area contributed by atoms with Crippen molar-refractivity contribution in [3.63, 3.8) is 0 Å². The molecule has 6 nitrogen and oxygen atoms in total. The molecular weight excluding hydrogens is 352 g/mol. The van der Waals surface area contributed by atoms with E-state index in [2.05, 4.69) is 5.32 Å².